The molecule has 0 spiro atoms. The van der Waals surface area contributed by atoms with Crippen LogP contribution in [0.15, 0.2) is 185 Å². The number of aliphatic hydroxyl groups excluding tert-OH is 4. The molecule has 0 aliphatic carbocycles. The van der Waals surface area contributed by atoms with Crippen molar-refractivity contribution < 1.29 is 66.5 Å². The fourth-order valence-electron chi connectivity index (χ4n) is 23.3. The van der Waals surface area contributed by atoms with Crippen LogP contribution in [0.5, 0.6) is 0 Å². The summed E-state index contributed by atoms with van der Waals surface area (Å²) < 4.78 is 94.1. The predicted octanol–water partition coefficient (Wildman–Crippen LogP) is 15.5. The lowest BCUT2D eigenvalue weighted by molar-refractivity contribution is -0.137. The SMILES string of the molecule is CC(C)[C@H](N)C(=O)N1CCC(F)(CCC2c3c(F)cccc3-c3cncn32)CC1.CC(C)[C@H](N)C(=O)N1CCC(F)(CCC2c3c(F)cccc3-c3cncn32)CC1.OC(CC1c2ncccc2-c2cncn21)C1CCOCC1.OC(CC1c2ncccc2-c2cncn21)C1CCOCC1.OC(CC1c2ncccc2-c2cncn21)C1CCOCC1.OC(CC1c2ncccc2-c2cncn21)C1CCOCC1. The molecular weight excluding hydrogens is 1810 g/mol. The molecule has 0 radical (unpaired) electrons. The molecule has 12 aromatic rings. The summed E-state index contributed by atoms with van der Waals surface area (Å²) in [6.45, 7) is 15.2. The van der Waals surface area contributed by atoms with Gasteiger partial charge >= 0.3 is 0 Å². The zero-order valence-electron chi connectivity index (χ0n) is 81.3. The van der Waals surface area contributed by atoms with Crippen LogP contribution in [0.4, 0.5) is 17.6 Å². The summed E-state index contributed by atoms with van der Waals surface area (Å²) in [7, 11) is 0. The molecule has 752 valence electrons. The van der Waals surface area contributed by atoms with Crippen molar-refractivity contribution in [3.8, 4) is 67.5 Å². The van der Waals surface area contributed by atoms with Crippen LogP contribution in [0.25, 0.3) is 67.5 Å². The lowest BCUT2D eigenvalue weighted by Gasteiger charge is -2.38. The lowest BCUT2D eigenvalue weighted by Crippen LogP contribution is -2.51. The first-order chi connectivity index (χ1) is 69.0. The number of carbonyl (C=O) groups is 2. The fourth-order valence-corrected chi connectivity index (χ4v) is 23.3. The Labute approximate surface area is 825 Å². The number of piperidine rings is 2. The first-order valence-electron chi connectivity index (χ1n) is 51.0. The maximum atomic E-state index is 15.5. The van der Waals surface area contributed by atoms with E-state index < -0.39 is 23.4 Å². The molecule has 30 nitrogen and oxygen atoms in total. The van der Waals surface area contributed by atoms with E-state index in [9.17, 15) is 38.8 Å². The summed E-state index contributed by atoms with van der Waals surface area (Å²) in [5.41, 5.74) is 27.1. The average Bonchev–Trinajstić information content (AvgIpc) is 1.73. The van der Waals surface area contributed by atoms with Gasteiger partial charge in [0, 0.05) is 174 Å². The lowest BCUT2D eigenvalue weighted by atomic mass is 9.85. The number of amides is 2. The zero-order valence-corrected chi connectivity index (χ0v) is 81.3. The fraction of sp³-hybridized carbons (Fsp3) is 0.519. The number of nitrogens with two attached hydrogens (primary N) is 2. The largest absolute Gasteiger partial charge is 0.393 e. The van der Waals surface area contributed by atoms with E-state index in [-0.39, 0.29) is 122 Å². The van der Waals surface area contributed by atoms with Crippen molar-refractivity contribution in [2.75, 3.05) is 79.0 Å². The Balaban J connectivity index is 0.000000109. The van der Waals surface area contributed by atoms with Crippen LogP contribution >= 0.6 is 0 Å². The van der Waals surface area contributed by atoms with E-state index in [0.29, 0.717) is 112 Å². The van der Waals surface area contributed by atoms with Crippen LogP contribution in [0, 0.1) is 47.1 Å². The Bertz CT molecular complexity index is 5660. The van der Waals surface area contributed by atoms with Gasteiger partial charge in [-0.2, -0.15) is 0 Å². The number of hydrogen-bond acceptors (Lipinski definition) is 22. The van der Waals surface area contributed by atoms with Crippen molar-refractivity contribution in [1.82, 2.24) is 87.0 Å². The molecule has 2 amide bonds. The van der Waals surface area contributed by atoms with Gasteiger partial charge in [-0.05, 0) is 199 Å². The van der Waals surface area contributed by atoms with E-state index in [4.69, 9.17) is 30.4 Å². The van der Waals surface area contributed by atoms with Gasteiger partial charge in [0.05, 0.1) is 205 Å². The van der Waals surface area contributed by atoms with Gasteiger partial charge < -0.3 is 88.0 Å². The average molecular weight is 1950 g/mol. The summed E-state index contributed by atoms with van der Waals surface area (Å²) >= 11 is 0. The third-order valence-electron chi connectivity index (χ3n) is 31.8. The second-order valence-electron chi connectivity index (χ2n) is 40.9. The predicted molar refractivity (Wildman–Crippen MR) is 526 cm³/mol. The van der Waals surface area contributed by atoms with Gasteiger partial charge in [-0.3, -0.25) is 29.5 Å². The van der Waals surface area contributed by atoms with E-state index in [1.165, 1.54) is 12.1 Å². The van der Waals surface area contributed by atoms with Gasteiger partial charge in [-0.25, -0.2) is 47.5 Å². The van der Waals surface area contributed by atoms with Crippen LogP contribution in [-0.2, 0) is 28.5 Å². The molecular formula is C108H132F4N20O10. The zero-order chi connectivity index (χ0) is 98.5. The molecule has 10 unspecified atom stereocenters. The van der Waals surface area contributed by atoms with Crippen molar-refractivity contribution in [3.63, 3.8) is 0 Å². The Morgan fingerprint density at radius 2 is 0.592 bits per heavy atom. The molecule has 12 aliphatic heterocycles. The summed E-state index contributed by atoms with van der Waals surface area (Å²) in [5.74, 6) is 0.727. The smallest absolute Gasteiger partial charge is 0.239 e. The standard InChI is InChI=1S/2C22H28F2N4O.4C16H19N3O2/c2*1-14(2)20(25)21(29)27-10-8-22(24,9-11-27)7-6-17-19-15(4-3-5-16(19)23)18-12-26-13-28(17)18;4*20-15(11-3-6-21-7-4-11)8-13-16-12(2-1-5-18-16)14-9-17-10-19(13)14/h2*3-5,12-14,17,20H,6-11,25H2,1-2H3;4*1-2,5,9-11,13,15,20H,3-4,6-8H2/t2*17?,20-;;;;/m00..../s1. The van der Waals surface area contributed by atoms with Gasteiger partial charge in [0.15, 0.2) is 0 Å². The molecule has 0 bridgehead atoms. The van der Waals surface area contributed by atoms with E-state index in [2.05, 4.69) is 92.4 Å². The summed E-state index contributed by atoms with van der Waals surface area (Å²) in [6.07, 6.45) is 40.9. The molecule has 6 fully saturated rings. The molecule has 8 N–H and O–H groups in total. The van der Waals surface area contributed by atoms with Crippen LogP contribution in [0.1, 0.15) is 226 Å². The number of benzene rings is 2. The molecule has 0 saturated carbocycles. The number of nitrogens with zero attached hydrogens (tertiary/aromatic N) is 18. The molecule has 10 aromatic heterocycles. The molecule has 6 saturated heterocycles. The third kappa shape index (κ3) is 20.9. The van der Waals surface area contributed by atoms with Crippen molar-refractivity contribution >= 4 is 11.8 Å². The number of imidazole rings is 6. The first-order valence-corrected chi connectivity index (χ1v) is 51.0. The summed E-state index contributed by atoms with van der Waals surface area (Å²) in [4.78, 5) is 71.7. The second-order valence-corrected chi connectivity index (χ2v) is 40.9. The second kappa shape index (κ2) is 44.0. The van der Waals surface area contributed by atoms with Gasteiger partial charge in [-0.15, -0.1) is 0 Å². The third-order valence-corrected chi connectivity index (χ3v) is 31.8. The minimum absolute atomic E-state index is 0.0567. The number of ether oxygens (including phenoxy) is 4. The quantitative estimate of drug-likeness (QED) is 0.0343. The van der Waals surface area contributed by atoms with Crippen molar-refractivity contribution in [1.29, 1.82) is 0 Å². The van der Waals surface area contributed by atoms with E-state index in [0.717, 1.165) is 195 Å². The monoisotopic (exact) mass is 1950 g/mol. The van der Waals surface area contributed by atoms with Crippen molar-refractivity contribution in [2.24, 2.45) is 47.0 Å². The highest BCUT2D eigenvalue weighted by Crippen LogP contribution is 2.51. The Morgan fingerprint density at radius 1 is 0.359 bits per heavy atom. The number of carbonyl (C=O) groups excluding carboxylic acids is 2. The van der Waals surface area contributed by atoms with Crippen LogP contribution in [0.3, 0.4) is 0 Å². The number of likely N-dealkylation sites (tertiary alicyclic amines) is 2. The maximum absolute atomic E-state index is 15.5. The minimum Gasteiger partial charge on any atom is -0.393 e. The Morgan fingerprint density at radius 3 is 0.838 bits per heavy atom. The van der Waals surface area contributed by atoms with Gasteiger partial charge in [-0.1, -0.05) is 52.0 Å². The molecule has 34 heteroatoms. The summed E-state index contributed by atoms with van der Waals surface area (Å²) in [6, 6.07) is 25.0. The van der Waals surface area contributed by atoms with Gasteiger partial charge in [0.2, 0.25) is 11.8 Å². The Kier molecular flexibility index (Phi) is 30.8. The number of pyridine rings is 4. The highest BCUT2D eigenvalue weighted by atomic mass is 19.2. The highest BCUT2D eigenvalue weighted by Gasteiger charge is 2.45. The van der Waals surface area contributed by atoms with E-state index >= 15 is 8.78 Å². The normalized spacial score (nSPS) is 22.1. The molecule has 22 heterocycles. The Hall–Kier alpha value is -11.4. The highest BCUT2D eigenvalue weighted by molar-refractivity contribution is 5.83. The number of fused-ring (bicyclic) bond motifs is 18. The maximum Gasteiger partial charge on any atom is 0.239 e. The van der Waals surface area contributed by atoms with E-state index in [1.807, 2.05) is 148 Å². The molecule has 24 rings (SSSR count). The molecule has 142 heavy (non-hydrogen) atoms. The van der Waals surface area contributed by atoms with E-state index in [1.54, 1.807) is 47.0 Å². The van der Waals surface area contributed by atoms with Gasteiger partial charge in [0.25, 0.3) is 0 Å². The number of aromatic nitrogens is 16. The molecule has 12 atom stereocenters. The molecule has 2 aromatic carbocycles. The number of rotatable bonds is 22. The van der Waals surface area contributed by atoms with Crippen LogP contribution in [0.2, 0.25) is 0 Å². The minimum atomic E-state index is -1.35. The first kappa shape index (κ1) is 99.3. The molecule has 12 aliphatic rings. The number of halogens is 4. The van der Waals surface area contributed by atoms with Gasteiger partial charge in [0.1, 0.15) is 23.0 Å². The topological polar surface area (TPSA) is 369 Å². The van der Waals surface area contributed by atoms with Crippen molar-refractivity contribution in [2.45, 2.75) is 240 Å². The number of hydrogen-bond donors (Lipinski definition) is 6. The number of aliphatic hydroxyl groups is 4. The summed E-state index contributed by atoms with van der Waals surface area (Å²) in [5, 5.41) is 42.4. The number of alkyl halides is 2. The van der Waals surface area contributed by atoms with Crippen LogP contribution < -0.4 is 11.5 Å². The van der Waals surface area contributed by atoms with Crippen molar-refractivity contribution in [3.05, 3.63) is 230 Å². The van der Waals surface area contributed by atoms with Crippen LogP contribution in [-0.4, -0.2) is 246 Å².